The van der Waals surface area contributed by atoms with Crippen LogP contribution < -0.4 is 5.32 Å². The van der Waals surface area contributed by atoms with Gasteiger partial charge in [0.1, 0.15) is 0 Å². The van der Waals surface area contributed by atoms with Crippen LogP contribution >= 0.6 is 0 Å². The topological polar surface area (TPSA) is 75.6 Å². The van der Waals surface area contributed by atoms with Crippen LogP contribution in [0.4, 0.5) is 0 Å². The molecule has 0 heterocycles. The molecule has 0 saturated heterocycles. The molecule has 0 aromatic carbocycles. The third-order valence-corrected chi connectivity index (χ3v) is 4.28. The number of nitrogens with one attached hydrogen (secondary N) is 1. The van der Waals surface area contributed by atoms with Gasteiger partial charge in [-0.2, -0.15) is 0 Å². The van der Waals surface area contributed by atoms with Gasteiger partial charge in [0.25, 0.3) is 0 Å². The molecule has 5 nitrogen and oxygen atoms in total. The van der Waals surface area contributed by atoms with E-state index >= 15 is 0 Å². The first-order valence-corrected chi connectivity index (χ1v) is 6.64. The van der Waals surface area contributed by atoms with Gasteiger partial charge in [0.05, 0.1) is 5.92 Å². The summed E-state index contributed by atoms with van der Waals surface area (Å²) in [5, 5.41) is 12.2. The lowest BCUT2D eigenvalue weighted by Gasteiger charge is -2.28. The summed E-state index contributed by atoms with van der Waals surface area (Å²) in [5.41, 5.74) is 0. The largest absolute Gasteiger partial charge is 0.481 e. The van der Waals surface area contributed by atoms with Crippen LogP contribution in [0.2, 0.25) is 0 Å². The van der Waals surface area contributed by atoms with Gasteiger partial charge in [-0.1, -0.05) is 0 Å². The van der Waals surface area contributed by atoms with Crippen molar-refractivity contribution >= 4 is 11.9 Å². The van der Waals surface area contributed by atoms with Crippen molar-refractivity contribution in [3.8, 4) is 0 Å². The van der Waals surface area contributed by atoms with Crippen LogP contribution in [0.15, 0.2) is 0 Å². The van der Waals surface area contributed by atoms with Crippen LogP contribution in [-0.2, 0) is 14.3 Å². The van der Waals surface area contributed by atoms with Gasteiger partial charge >= 0.3 is 5.97 Å². The van der Waals surface area contributed by atoms with E-state index in [9.17, 15) is 14.7 Å². The zero-order valence-electron chi connectivity index (χ0n) is 10.7. The maximum Gasteiger partial charge on any atom is 0.308 e. The highest BCUT2D eigenvalue weighted by Crippen LogP contribution is 2.48. The van der Waals surface area contributed by atoms with Crippen molar-refractivity contribution in [2.75, 3.05) is 13.7 Å². The quantitative estimate of drug-likeness (QED) is 0.695. The Balaban J connectivity index is 1.87. The second-order valence-corrected chi connectivity index (χ2v) is 5.39. The Hall–Kier alpha value is -1.10. The number of methoxy groups -OCH3 is 1. The zero-order chi connectivity index (χ0) is 13.1. The standard InChI is InChI=1S/C13H21NO4/c1-18-6-2-3-10(15)14-12-9-5-4-8(7-9)11(12)13(16)17/h8-9,11-12H,2-7H2,1H3,(H,14,15)(H,16,17). The number of ether oxygens (including phenoxy) is 1. The van der Waals surface area contributed by atoms with Gasteiger partial charge in [0.15, 0.2) is 0 Å². The third kappa shape index (κ3) is 2.66. The number of aliphatic carboxylic acids is 1. The molecule has 0 aliphatic heterocycles. The van der Waals surface area contributed by atoms with Gasteiger partial charge in [-0.25, -0.2) is 0 Å². The Bertz CT molecular complexity index is 331. The molecular formula is C13H21NO4. The predicted octanol–water partition coefficient (Wildman–Crippen LogP) is 1.03. The molecule has 2 N–H and O–H groups in total. The van der Waals surface area contributed by atoms with E-state index in [1.165, 1.54) is 0 Å². The number of carboxylic acid groups (broad SMARTS) is 1. The van der Waals surface area contributed by atoms with Crippen molar-refractivity contribution in [3.63, 3.8) is 0 Å². The lowest BCUT2D eigenvalue weighted by molar-refractivity contribution is -0.144. The first-order valence-electron chi connectivity index (χ1n) is 6.64. The maximum absolute atomic E-state index is 11.8. The minimum absolute atomic E-state index is 0.0455. The van der Waals surface area contributed by atoms with E-state index in [1.807, 2.05) is 0 Å². The summed E-state index contributed by atoms with van der Waals surface area (Å²) in [4.78, 5) is 23.0. The highest BCUT2D eigenvalue weighted by Gasteiger charge is 2.51. The van der Waals surface area contributed by atoms with Crippen LogP contribution in [0.1, 0.15) is 32.1 Å². The van der Waals surface area contributed by atoms with Crippen molar-refractivity contribution in [1.82, 2.24) is 5.32 Å². The first-order chi connectivity index (χ1) is 8.63. The molecule has 18 heavy (non-hydrogen) atoms. The second-order valence-electron chi connectivity index (χ2n) is 5.39. The Kier molecular flexibility index (Phi) is 4.22. The molecule has 0 aromatic heterocycles. The van der Waals surface area contributed by atoms with Gasteiger partial charge in [-0.15, -0.1) is 0 Å². The van der Waals surface area contributed by atoms with E-state index in [0.717, 1.165) is 19.3 Å². The summed E-state index contributed by atoms with van der Waals surface area (Å²) >= 11 is 0. The minimum Gasteiger partial charge on any atom is -0.481 e. The SMILES string of the molecule is COCCCC(=O)NC1C2CCC(C2)C1C(=O)O. The Morgan fingerprint density at radius 3 is 2.72 bits per heavy atom. The lowest BCUT2D eigenvalue weighted by atomic mass is 9.84. The highest BCUT2D eigenvalue weighted by atomic mass is 16.5. The maximum atomic E-state index is 11.8. The minimum atomic E-state index is -0.760. The molecule has 4 atom stereocenters. The van der Waals surface area contributed by atoms with Crippen LogP contribution in [0.25, 0.3) is 0 Å². The van der Waals surface area contributed by atoms with Crippen molar-refractivity contribution in [3.05, 3.63) is 0 Å². The van der Waals surface area contributed by atoms with Gasteiger partial charge in [-0.05, 0) is 37.5 Å². The fraction of sp³-hybridized carbons (Fsp3) is 0.846. The van der Waals surface area contributed by atoms with E-state index in [-0.39, 0.29) is 23.8 Å². The number of rotatable bonds is 6. The summed E-state index contributed by atoms with van der Waals surface area (Å²) in [6.07, 6.45) is 4.10. The fourth-order valence-corrected chi connectivity index (χ4v) is 3.49. The van der Waals surface area contributed by atoms with E-state index in [4.69, 9.17) is 4.74 Å². The molecule has 4 unspecified atom stereocenters. The van der Waals surface area contributed by atoms with Crippen molar-refractivity contribution in [2.45, 2.75) is 38.1 Å². The smallest absolute Gasteiger partial charge is 0.308 e. The summed E-state index contributed by atoms with van der Waals surface area (Å²) in [6, 6.07) is -0.156. The number of hydrogen-bond donors (Lipinski definition) is 2. The van der Waals surface area contributed by atoms with Gasteiger partial charge in [0.2, 0.25) is 5.91 Å². The van der Waals surface area contributed by atoms with Crippen molar-refractivity contribution in [1.29, 1.82) is 0 Å². The van der Waals surface area contributed by atoms with E-state index in [0.29, 0.717) is 25.4 Å². The number of carboxylic acids is 1. The summed E-state index contributed by atoms with van der Waals surface area (Å²) in [6.45, 7) is 0.562. The molecule has 2 saturated carbocycles. The van der Waals surface area contributed by atoms with Crippen LogP contribution in [0, 0.1) is 17.8 Å². The van der Waals surface area contributed by atoms with Crippen molar-refractivity contribution < 1.29 is 19.4 Å². The van der Waals surface area contributed by atoms with Gasteiger partial charge in [-0.3, -0.25) is 9.59 Å². The summed E-state index contributed by atoms with van der Waals surface area (Å²) in [5.74, 6) is -0.561. The number of amides is 1. The Labute approximate surface area is 107 Å². The average molecular weight is 255 g/mol. The summed E-state index contributed by atoms with van der Waals surface area (Å²) in [7, 11) is 1.61. The molecular weight excluding hydrogens is 234 g/mol. The Morgan fingerprint density at radius 2 is 2.06 bits per heavy atom. The molecule has 2 fully saturated rings. The Morgan fingerprint density at radius 1 is 1.33 bits per heavy atom. The fourth-order valence-electron chi connectivity index (χ4n) is 3.49. The molecule has 0 radical (unpaired) electrons. The molecule has 102 valence electrons. The molecule has 5 heteroatoms. The van der Waals surface area contributed by atoms with E-state index in [1.54, 1.807) is 7.11 Å². The first kappa shape index (κ1) is 13.3. The summed E-state index contributed by atoms with van der Waals surface area (Å²) < 4.78 is 4.90. The van der Waals surface area contributed by atoms with Crippen LogP contribution in [0.5, 0.6) is 0 Å². The average Bonchev–Trinajstić information content (AvgIpc) is 2.89. The van der Waals surface area contributed by atoms with Crippen molar-refractivity contribution in [2.24, 2.45) is 17.8 Å². The number of fused-ring (bicyclic) bond motifs is 2. The molecule has 0 aromatic rings. The molecule has 2 bridgehead atoms. The molecule has 2 aliphatic carbocycles. The van der Waals surface area contributed by atoms with Crippen LogP contribution in [-0.4, -0.2) is 36.7 Å². The number of hydrogen-bond acceptors (Lipinski definition) is 3. The lowest BCUT2D eigenvalue weighted by Crippen LogP contribution is -2.46. The molecule has 1 amide bonds. The monoisotopic (exact) mass is 255 g/mol. The van der Waals surface area contributed by atoms with E-state index in [2.05, 4.69) is 5.32 Å². The second kappa shape index (κ2) is 5.69. The highest BCUT2D eigenvalue weighted by molar-refractivity contribution is 5.78. The number of carbonyl (C=O) groups is 2. The predicted molar refractivity (Wildman–Crippen MR) is 65.0 cm³/mol. The van der Waals surface area contributed by atoms with Gasteiger partial charge < -0.3 is 15.2 Å². The zero-order valence-corrected chi connectivity index (χ0v) is 10.7. The third-order valence-electron chi connectivity index (χ3n) is 4.28. The number of carbonyl (C=O) groups excluding carboxylic acids is 1. The normalized spacial score (nSPS) is 33.6. The molecule has 2 aliphatic rings. The molecule has 2 rings (SSSR count). The molecule has 0 spiro atoms. The van der Waals surface area contributed by atoms with Crippen LogP contribution in [0.3, 0.4) is 0 Å². The van der Waals surface area contributed by atoms with Gasteiger partial charge in [0, 0.05) is 26.2 Å². The van der Waals surface area contributed by atoms with E-state index < -0.39 is 5.97 Å².